The van der Waals surface area contributed by atoms with Gasteiger partial charge in [-0.3, -0.25) is 14.5 Å². The Morgan fingerprint density at radius 3 is 2.83 bits per heavy atom. The van der Waals surface area contributed by atoms with E-state index in [9.17, 15) is 9.59 Å². The number of methoxy groups -OCH3 is 1. The molecule has 6 nitrogen and oxygen atoms in total. The van der Waals surface area contributed by atoms with E-state index in [1.807, 2.05) is 35.7 Å². The number of fused-ring (bicyclic) bond motifs is 1. The largest absolute Gasteiger partial charge is 0.482 e. The Hall–Kier alpha value is -2.55. The molecule has 30 heavy (non-hydrogen) atoms. The van der Waals surface area contributed by atoms with Gasteiger partial charge in [-0.05, 0) is 30.3 Å². The Labute approximate surface area is 186 Å². The maximum Gasteiger partial charge on any atom is 0.265 e. The normalized spacial score (nSPS) is 13.1. The van der Waals surface area contributed by atoms with Crippen LogP contribution in [0.25, 0.3) is 11.3 Å². The third kappa shape index (κ3) is 4.45. The first-order valence-corrected chi connectivity index (χ1v) is 11.0. The maximum atomic E-state index is 12.8. The fraction of sp³-hybridized carbons (Fsp3) is 0.227. The van der Waals surface area contributed by atoms with Gasteiger partial charge in [0.1, 0.15) is 5.75 Å². The molecule has 154 valence electrons. The van der Waals surface area contributed by atoms with Gasteiger partial charge < -0.3 is 9.47 Å². The summed E-state index contributed by atoms with van der Waals surface area (Å²) in [4.78, 5) is 31.5. The van der Waals surface area contributed by atoms with E-state index in [-0.39, 0.29) is 24.8 Å². The molecule has 0 spiro atoms. The van der Waals surface area contributed by atoms with Crippen molar-refractivity contribution in [3.8, 4) is 17.0 Å². The fourth-order valence-corrected chi connectivity index (χ4v) is 4.21. The van der Waals surface area contributed by atoms with E-state index in [1.54, 1.807) is 30.6 Å². The van der Waals surface area contributed by atoms with Crippen molar-refractivity contribution in [2.75, 3.05) is 31.8 Å². The smallest absolute Gasteiger partial charge is 0.265 e. The van der Waals surface area contributed by atoms with Gasteiger partial charge in [0.2, 0.25) is 0 Å². The van der Waals surface area contributed by atoms with E-state index in [2.05, 4.69) is 20.9 Å². The molecule has 1 aliphatic rings. The molecule has 0 saturated heterocycles. The van der Waals surface area contributed by atoms with Gasteiger partial charge in [-0.2, -0.15) is 0 Å². The summed E-state index contributed by atoms with van der Waals surface area (Å²) >= 11 is 4.94. The number of benzene rings is 2. The predicted molar refractivity (Wildman–Crippen MR) is 119 cm³/mol. The van der Waals surface area contributed by atoms with Crippen molar-refractivity contribution in [2.24, 2.45) is 0 Å². The number of carbonyl (C=O) groups excluding carboxylic acids is 2. The summed E-state index contributed by atoms with van der Waals surface area (Å²) in [5.41, 5.74) is 2.83. The van der Waals surface area contributed by atoms with Gasteiger partial charge in [0.15, 0.2) is 12.4 Å². The number of ketones is 1. The van der Waals surface area contributed by atoms with Crippen LogP contribution in [0.2, 0.25) is 0 Å². The molecule has 0 unspecified atom stereocenters. The molecular weight excluding hydrogens is 468 g/mol. The van der Waals surface area contributed by atoms with Crippen molar-refractivity contribution in [3.63, 3.8) is 0 Å². The van der Waals surface area contributed by atoms with Crippen LogP contribution in [0.5, 0.6) is 5.75 Å². The molecular formula is C22H19BrN2O4S. The van der Waals surface area contributed by atoms with Crippen molar-refractivity contribution in [2.45, 2.75) is 6.42 Å². The van der Waals surface area contributed by atoms with Crippen LogP contribution in [-0.2, 0) is 16.0 Å². The zero-order chi connectivity index (χ0) is 21.1. The van der Waals surface area contributed by atoms with Crippen molar-refractivity contribution in [1.82, 2.24) is 4.98 Å². The molecule has 0 atom stereocenters. The van der Waals surface area contributed by atoms with Crippen LogP contribution >= 0.6 is 27.3 Å². The van der Waals surface area contributed by atoms with Gasteiger partial charge in [-0.25, -0.2) is 4.98 Å². The number of hydrogen-bond donors (Lipinski definition) is 0. The summed E-state index contributed by atoms with van der Waals surface area (Å²) in [6.07, 6.45) is 0.752. The summed E-state index contributed by atoms with van der Waals surface area (Å²) < 4.78 is 11.6. The SMILES string of the molecule is COCCc1nc(-c2ccc3c(c2)N(CC(=O)c2ccc(Br)cc2)C(=O)CO3)cs1. The van der Waals surface area contributed by atoms with Crippen molar-refractivity contribution in [1.29, 1.82) is 0 Å². The van der Waals surface area contributed by atoms with E-state index >= 15 is 0 Å². The Balaban J connectivity index is 1.61. The van der Waals surface area contributed by atoms with Gasteiger partial charge in [-0.1, -0.05) is 28.1 Å². The average Bonchev–Trinajstić information content (AvgIpc) is 3.23. The molecule has 0 radical (unpaired) electrons. The van der Waals surface area contributed by atoms with Crippen LogP contribution in [0, 0.1) is 0 Å². The Bertz CT molecular complexity index is 1080. The van der Waals surface area contributed by atoms with E-state index in [0.717, 1.165) is 27.2 Å². The number of anilines is 1. The monoisotopic (exact) mass is 486 g/mol. The number of ether oxygens (including phenoxy) is 2. The highest BCUT2D eigenvalue weighted by molar-refractivity contribution is 9.10. The summed E-state index contributed by atoms with van der Waals surface area (Å²) in [7, 11) is 1.67. The minimum atomic E-state index is -0.246. The summed E-state index contributed by atoms with van der Waals surface area (Å²) in [5, 5.41) is 2.97. The minimum Gasteiger partial charge on any atom is -0.482 e. The molecule has 2 aromatic carbocycles. The first kappa shape index (κ1) is 20.7. The zero-order valence-electron chi connectivity index (χ0n) is 16.3. The molecule has 1 amide bonds. The third-order valence-corrected chi connectivity index (χ3v) is 6.17. The molecule has 1 aromatic heterocycles. The molecule has 2 heterocycles. The number of thiazole rings is 1. The lowest BCUT2D eigenvalue weighted by molar-refractivity contribution is -0.121. The number of hydrogen-bond acceptors (Lipinski definition) is 6. The van der Waals surface area contributed by atoms with Gasteiger partial charge in [0.25, 0.3) is 5.91 Å². The number of nitrogens with zero attached hydrogens (tertiary/aromatic N) is 2. The third-order valence-electron chi connectivity index (χ3n) is 4.74. The second kappa shape index (κ2) is 9.07. The average molecular weight is 487 g/mol. The molecule has 8 heteroatoms. The molecule has 0 saturated carbocycles. The number of amides is 1. The number of Topliss-reactive ketones (excluding diaryl/α,β-unsaturated/α-hetero) is 1. The predicted octanol–water partition coefficient (Wildman–Crippen LogP) is 4.37. The van der Waals surface area contributed by atoms with Crippen LogP contribution in [-0.4, -0.2) is 43.5 Å². The van der Waals surface area contributed by atoms with Gasteiger partial charge in [0.05, 0.1) is 29.5 Å². The molecule has 0 bridgehead atoms. The van der Waals surface area contributed by atoms with Crippen LogP contribution in [0.3, 0.4) is 0 Å². The lowest BCUT2D eigenvalue weighted by Crippen LogP contribution is -2.42. The van der Waals surface area contributed by atoms with Crippen molar-refractivity contribution in [3.05, 3.63) is 62.9 Å². The van der Waals surface area contributed by atoms with E-state index in [1.165, 1.54) is 4.90 Å². The molecule has 3 aromatic rings. The van der Waals surface area contributed by atoms with Gasteiger partial charge >= 0.3 is 0 Å². The summed E-state index contributed by atoms with van der Waals surface area (Å²) in [6, 6.07) is 12.7. The fourth-order valence-electron chi connectivity index (χ4n) is 3.15. The second-order valence-electron chi connectivity index (χ2n) is 6.75. The molecule has 0 aliphatic carbocycles. The maximum absolute atomic E-state index is 12.8. The Kier molecular flexibility index (Phi) is 6.26. The van der Waals surface area contributed by atoms with Crippen LogP contribution in [0.1, 0.15) is 15.4 Å². The Morgan fingerprint density at radius 1 is 1.27 bits per heavy atom. The molecule has 0 fully saturated rings. The number of halogens is 1. The van der Waals surface area contributed by atoms with Gasteiger partial charge in [-0.15, -0.1) is 11.3 Å². The number of aromatic nitrogens is 1. The first-order valence-electron chi connectivity index (χ1n) is 9.35. The lowest BCUT2D eigenvalue weighted by Gasteiger charge is -2.29. The topological polar surface area (TPSA) is 68.7 Å². The van der Waals surface area contributed by atoms with Crippen LogP contribution < -0.4 is 9.64 Å². The number of carbonyl (C=O) groups is 2. The highest BCUT2D eigenvalue weighted by Gasteiger charge is 2.28. The summed E-state index contributed by atoms with van der Waals surface area (Å²) in [6.45, 7) is 0.486. The molecule has 0 N–H and O–H groups in total. The van der Waals surface area contributed by atoms with E-state index < -0.39 is 0 Å². The quantitative estimate of drug-likeness (QED) is 0.463. The first-order chi connectivity index (χ1) is 14.5. The summed E-state index contributed by atoms with van der Waals surface area (Å²) in [5.74, 6) is 0.200. The highest BCUT2D eigenvalue weighted by Crippen LogP contribution is 2.36. The van der Waals surface area contributed by atoms with Crippen LogP contribution in [0.4, 0.5) is 5.69 Å². The zero-order valence-corrected chi connectivity index (χ0v) is 18.7. The highest BCUT2D eigenvalue weighted by atomic mass is 79.9. The standard InChI is InChI=1S/C22H19BrN2O4S/c1-28-9-8-21-24-17(13-30-21)15-4-7-20-18(10-15)25(22(27)12-29-20)11-19(26)14-2-5-16(23)6-3-14/h2-7,10,13H,8-9,11-12H2,1H3. The minimum absolute atomic E-state index is 0.0452. The molecule has 4 rings (SSSR count). The van der Waals surface area contributed by atoms with Crippen LogP contribution in [0.15, 0.2) is 52.3 Å². The second-order valence-corrected chi connectivity index (χ2v) is 8.61. The lowest BCUT2D eigenvalue weighted by atomic mass is 10.1. The molecule has 1 aliphatic heterocycles. The van der Waals surface area contributed by atoms with Crippen molar-refractivity contribution >= 4 is 44.6 Å². The van der Waals surface area contributed by atoms with Gasteiger partial charge in [0, 0.05) is 34.5 Å². The number of rotatable bonds is 7. The Morgan fingerprint density at radius 2 is 2.07 bits per heavy atom. The van der Waals surface area contributed by atoms with E-state index in [0.29, 0.717) is 23.6 Å². The van der Waals surface area contributed by atoms with Crippen molar-refractivity contribution < 1.29 is 19.1 Å². The van der Waals surface area contributed by atoms with E-state index in [4.69, 9.17) is 9.47 Å².